The second-order valence-corrected chi connectivity index (χ2v) is 4.39. The molecule has 0 saturated carbocycles. The average Bonchev–Trinajstić information content (AvgIpc) is 2.35. The highest BCUT2D eigenvalue weighted by atomic mass is 16.6. The summed E-state index contributed by atoms with van der Waals surface area (Å²) in [6.07, 6.45) is 0.0416. The SMILES string of the molecule is CC(=O)C[C@@H](c1ccc([N+](=O)[O-])cc1)C(C)[N+](=O)[O-]. The molecule has 0 bridgehead atoms. The van der Waals surface area contributed by atoms with Crippen molar-refractivity contribution in [3.05, 3.63) is 50.1 Å². The average molecular weight is 266 g/mol. The molecule has 0 spiro atoms. The molecule has 7 nitrogen and oxygen atoms in total. The van der Waals surface area contributed by atoms with Crippen LogP contribution in [0.15, 0.2) is 24.3 Å². The molecule has 102 valence electrons. The summed E-state index contributed by atoms with van der Waals surface area (Å²) in [5, 5.41) is 21.4. The highest BCUT2D eigenvalue weighted by Crippen LogP contribution is 2.27. The first-order valence-electron chi connectivity index (χ1n) is 5.70. The van der Waals surface area contributed by atoms with Crippen molar-refractivity contribution in [2.45, 2.75) is 32.2 Å². The maximum Gasteiger partial charge on any atom is 0.269 e. The molecule has 1 aromatic rings. The van der Waals surface area contributed by atoms with Gasteiger partial charge < -0.3 is 4.79 Å². The smallest absolute Gasteiger partial charge is 0.269 e. The molecule has 1 unspecified atom stereocenters. The molecule has 0 N–H and O–H groups in total. The van der Waals surface area contributed by atoms with Gasteiger partial charge >= 0.3 is 0 Å². The van der Waals surface area contributed by atoms with Gasteiger partial charge in [0.15, 0.2) is 0 Å². The molecular formula is C12H14N2O5. The lowest BCUT2D eigenvalue weighted by Gasteiger charge is -2.17. The second kappa shape index (κ2) is 6.03. The molecule has 0 aliphatic rings. The van der Waals surface area contributed by atoms with Crippen LogP contribution in [0.2, 0.25) is 0 Å². The first kappa shape index (κ1) is 14.7. The van der Waals surface area contributed by atoms with Crippen molar-refractivity contribution in [1.82, 2.24) is 0 Å². The molecule has 0 radical (unpaired) electrons. The Hall–Kier alpha value is -2.31. The maximum atomic E-state index is 11.2. The zero-order valence-corrected chi connectivity index (χ0v) is 10.6. The zero-order chi connectivity index (χ0) is 14.6. The normalized spacial score (nSPS) is 13.6. The summed E-state index contributed by atoms with van der Waals surface area (Å²) in [6, 6.07) is 4.58. The lowest BCUT2D eigenvalue weighted by atomic mass is 9.88. The highest BCUT2D eigenvalue weighted by Gasteiger charge is 2.29. The fraction of sp³-hybridized carbons (Fsp3) is 0.417. The molecule has 0 fully saturated rings. The predicted octanol–water partition coefficient (Wildman–Crippen LogP) is 2.32. The van der Waals surface area contributed by atoms with Crippen LogP contribution in [0.5, 0.6) is 0 Å². The summed E-state index contributed by atoms with van der Waals surface area (Å²) >= 11 is 0. The van der Waals surface area contributed by atoms with Crippen LogP contribution in [0, 0.1) is 20.2 Å². The molecule has 0 aliphatic carbocycles. The summed E-state index contributed by atoms with van der Waals surface area (Å²) in [7, 11) is 0. The Morgan fingerprint density at radius 1 is 1.21 bits per heavy atom. The number of Topliss-reactive ketones (excluding diaryl/α,β-unsaturated/α-hetero) is 1. The van der Waals surface area contributed by atoms with E-state index in [1.807, 2.05) is 0 Å². The van der Waals surface area contributed by atoms with Gasteiger partial charge in [-0.2, -0.15) is 0 Å². The first-order chi connectivity index (χ1) is 8.82. The quantitative estimate of drug-likeness (QED) is 0.580. The van der Waals surface area contributed by atoms with Crippen molar-refractivity contribution < 1.29 is 14.6 Å². The number of hydrogen-bond acceptors (Lipinski definition) is 5. The van der Waals surface area contributed by atoms with Crippen LogP contribution in [0.25, 0.3) is 0 Å². The zero-order valence-electron chi connectivity index (χ0n) is 10.6. The molecule has 0 aromatic heterocycles. The monoisotopic (exact) mass is 266 g/mol. The van der Waals surface area contributed by atoms with Gasteiger partial charge in [-0.05, 0) is 12.5 Å². The molecule has 0 heterocycles. The largest absolute Gasteiger partial charge is 0.300 e. The van der Waals surface area contributed by atoms with Crippen LogP contribution >= 0.6 is 0 Å². The Bertz CT molecular complexity index is 497. The van der Waals surface area contributed by atoms with Gasteiger partial charge in [-0.3, -0.25) is 20.2 Å². The maximum absolute atomic E-state index is 11.2. The number of benzene rings is 1. The third-order valence-corrected chi connectivity index (χ3v) is 2.95. The number of carbonyl (C=O) groups is 1. The van der Waals surface area contributed by atoms with E-state index in [0.717, 1.165) is 0 Å². The number of rotatable bonds is 6. The third-order valence-electron chi connectivity index (χ3n) is 2.95. The molecule has 7 heteroatoms. The molecular weight excluding hydrogens is 252 g/mol. The van der Waals surface area contributed by atoms with Crippen LogP contribution in [0.3, 0.4) is 0 Å². The molecule has 2 atom stereocenters. The van der Waals surface area contributed by atoms with Gasteiger partial charge in [0.2, 0.25) is 6.04 Å². The van der Waals surface area contributed by atoms with Gasteiger partial charge in [0.25, 0.3) is 5.69 Å². The minimum atomic E-state index is -0.926. The second-order valence-electron chi connectivity index (χ2n) is 4.39. The van der Waals surface area contributed by atoms with Crippen molar-refractivity contribution in [3.63, 3.8) is 0 Å². The van der Waals surface area contributed by atoms with Crippen LogP contribution in [-0.2, 0) is 4.79 Å². The number of hydrogen-bond donors (Lipinski definition) is 0. The van der Waals surface area contributed by atoms with E-state index in [0.29, 0.717) is 5.56 Å². The minimum absolute atomic E-state index is 0.0416. The van der Waals surface area contributed by atoms with E-state index < -0.39 is 21.8 Å². The summed E-state index contributed by atoms with van der Waals surface area (Å²) in [5.74, 6) is -0.731. The Balaban J connectivity index is 3.06. The van der Waals surface area contributed by atoms with Crippen LogP contribution in [0.1, 0.15) is 31.7 Å². The number of nitro groups is 2. The van der Waals surface area contributed by atoms with Crippen LogP contribution in [0.4, 0.5) is 5.69 Å². The molecule has 0 saturated heterocycles. The van der Waals surface area contributed by atoms with E-state index in [1.54, 1.807) is 0 Å². The standard InChI is InChI=1S/C12H14N2O5/c1-8(15)7-12(9(2)13(16)17)10-3-5-11(6-4-10)14(18)19/h3-6,9,12H,7H2,1-2H3/t9?,12-/m1/s1. The van der Waals surface area contributed by atoms with Crippen LogP contribution in [-0.4, -0.2) is 21.7 Å². The number of nitrogens with zero attached hydrogens (tertiary/aromatic N) is 2. The van der Waals surface area contributed by atoms with E-state index in [1.165, 1.54) is 38.1 Å². The highest BCUT2D eigenvalue weighted by molar-refractivity contribution is 5.76. The van der Waals surface area contributed by atoms with Gasteiger partial charge in [-0.1, -0.05) is 12.1 Å². The summed E-state index contributed by atoms with van der Waals surface area (Å²) < 4.78 is 0. The number of non-ortho nitro benzene ring substituents is 1. The van der Waals surface area contributed by atoms with Gasteiger partial charge in [0.05, 0.1) is 10.8 Å². The van der Waals surface area contributed by atoms with E-state index in [4.69, 9.17) is 0 Å². The molecule has 1 aromatic carbocycles. The molecule has 19 heavy (non-hydrogen) atoms. The van der Waals surface area contributed by atoms with Crippen molar-refractivity contribution in [2.24, 2.45) is 0 Å². The fourth-order valence-corrected chi connectivity index (χ4v) is 1.87. The van der Waals surface area contributed by atoms with Gasteiger partial charge in [-0.25, -0.2) is 0 Å². The molecule has 1 rings (SSSR count). The summed E-state index contributed by atoms with van der Waals surface area (Å²) in [6.45, 7) is 2.79. The van der Waals surface area contributed by atoms with Crippen LogP contribution < -0.4 is 0 Å². The van der Waals surface area contributed by atoms with Gasteiger partial charge in [-0.15, -0.1) is 0 Å². The number of nitro benzene ring substituents is 1. The minimum Gasteiger partial charge on any atom is -0.300 e. The van der Waals surface area contributed by atoms with Crippen molar-refractivity contribution >= 4 is 11.5 Å². The van der Waals surface area contributed by atoms with Crippen molar-refractivity contribution in [2.75, 3.05) is 0 Å². The predicted molar refractivity (Wildman–Crippen MR) is 67.6 cm³/mol. The Kier molecular flexibility index (Phi) is 4.68. The Labute approximate surface area is 109 Å². The fourth-order valence-electron chi connectivity index (χ4n) is 1.87. The van der Waals surface area contributed by atoms with E-state index in [9.17, 15) is 25.0 Å². The number of ketones is 1. The Morgan fingerprint density at radius 2 is 1.74 bits per heavy atom. The van der Waals surface area contributed by atoms with Crippen molar-refractivity contribution in [1.29, 1.82) is 0 Å². The first-order valence-corrected chi connectivity index (χ1v) is 5.70. The number of carbonyl (C=O) groups excluding carboxylic acids is 1. The summed E-state index contributed by atoms with van der Waals surface area (Å²) in [4.78, 5) is 31.6. The van der Waals surface area contributed by atoms with Gasteiger partial charge in [0, 0.05) is 30.4 Å². The summed E-state index contributed by atoms with van der Waals surface area (Å²) in [5.41, 5.74) is 0.476. The third kappa shape index (κ3) is 3.84. The van der Waals surface area contributed by atoms with E-state index in [-0.39, 0.29) is 17.9 Å². The lowest BCUT2D eigenvalue weighted by molar-refractivity contribution is -0.522. The topological polar surface area (TPSA) is 103 Å². The molecule has 0 amide bonds. The Morgan fingerprint density at radius 3 is 2.11 bits per heavy atom. The lowest BCUT2D eigenvalue weighted by Crippen LogP contribution is -2.25. The molecule has 0 aliphatic heterocycles. The van der Waals surface area contributed by atoms with Crippen molar-refractivity contribution in [3.8, 4) is 0 Å². The van der Waals surface area contributed by atoms with E-state index in [2.05, 4.69) is 0 Å². The van der Waals surface area contributed by atoms with E-state index >= 15 is 0 Å². The van der Waals surface area contributed by atoms with Gasteiger partial charge in [0.1, 0.15) is 5.78 Å².